The van der Waals surface area contributed by atoms with Crippen LogP contribution in [-0.2, 0) is 18.4 Å². The zero-order valence-corrected chi connectivity index (χ0v) is 19.9. The van der Waals surface area contributed by atoms with Gasteiger partial charge in [0.05, 0.1) is 12.2 Å². The monoisotopic (exact) mass is 463 g/mol. The maximum absolute atomic E-state index is 13.8. The number of carbonyl (C=O) groups is 1. The molecule has 0 radical (unpaired) electrons. The summed E-state index contributed by atoms with van der Waals surface area (Å²) in [6, 6.07) is 8.47. The van der Waals surface area contributed by atoms with Gasteiger partial charge in [0.1, 0.15) is 11.4 Å². The molecule has 2 aliphatic heterocycles. The normalized spacial score (nSPS) is 18.1. The third-order valence-corrected chi connectivity index (χ3v) is 6.79. The molecule has 2 saturated heterocycles. The fourth-order valence-electron chi connectivity index (χ4n) is 5.12. The predicted octanol–water partition coefficient (Wildman–Crippen LogP) is 2.60. The van der Waals surface area contributed by atoms with Crippen molar-refractivity contribution in [1.82, 2.24) is 30.0 Å². The minimum Gasteiger partial charge on any atom is -0.341 e. The Morgan fingerprint density at radius 2 is 1.82 bits per heavy atom. The van der Waals surface area contributed by atoms with Crippen LogP contribution in [0.25, 0.3) is 11.1 Å². The first-order valence-electron chi connectivity index (χ1n) is 11.7. The maximum atomic E-state index is 13.8. The van der Waals surface area contributed by atoms with E-state index in [2.05, 4.69) is 25.3 Å². The summed E-state index contributed by atoms with van der Waals surface area (Å²) in [5.41, 5.74) is 3.71. The molecule has 4 heterocycles. The van der Waals surface area contributed by atoms with Crippen LogP contribution in [0.4, 0.5) is 10.3 Å². The zero-order chi connectivity index (χ0) is 23.9. The summed E-state index contributed by atoms with van der Waals surface area (Å²) in [4.78, 5) is 26.9. The van der Waals surface area contributed by atoms with E-state index in [-0.39, 0.29) is 11.7 Å². The highest BCUT2D eigenvalue weighted by Gasteiger charge is 2.46. The predicted molar refractivity (Wildman–Crippen MR) is 128 cm³/mol. The van der Waals surface area contributed by atoms with Crippen molar-refractivity contribution in [3.8, 4) is 11.1 Å². The number of aryl methyl sites for hydroxylation is 3. The SMILES string of the molecule is Cc1cc(C)nc(N2CCC3(CC2)NCCN(Cc2nn(C)cc2-c2cccc(F)c2)C3=O)n1. The number of hydrogen-bond acceptors (Lipinski definition) is 6. The molecule has 34 heavy (non-hydrogen) atoms. The molecule has 1 spiro atoms. The van der Waals surface area contributed by atoms with Gasteiger partial charge in [0.25, 0.3) is 0 Å². The van der Waals surface area contributed by atoms with Crippen LogP contribution in [0.5, 0.6) is 0 Å². The van der Waals surface area contributed by atoms with Gasteiger partial charge in [-0.3, -0.25) is 9.48 Å². The third kappa shape index (κ3) is 4.27. The molecule has 2 aliphatic rings. The Labute approximate surface area is 198 Å². The fraction of sp³-hybridized carbons (Fsp3) is 0.440. The molecule has 1 N–H and O–H groups in total. The van der Waals surface area contributed by atoms with E-state index in [0.29, 0.717) is 39.0 Å². The first-order chi connectivity index (χ1) is 16.3. The summed E-state index contributed by atoms with van der Waals surface area (Å²) >= 11 is 0. The van der Waals surface area contributed by atoms with Crippen molar-refractivity contribution < 1.29 is 9.18 Å². The molecule has 3 aromatic rings. The highest BCUT2D eigenvalue weighted by molar-refractivity contribution is 5.87. The number of hydrogen-bond donors (Lipinski definition) is 1. The number of aromatic nitrogens is 4. The minimum atomic E-state index is -0.582. The number of halogens is 1. The molecule has 1 amide bonds. The topological polar surface area (TPSA) is 79.2 Å². The fourth-order valence-corrected chi connectivity index (χ4v) is 5.12. The molecular formula is C25H30FN7O. The molecule has 0 atom stereocenters. The van der Waals surface area contributed by atoms with Crippen LogP contribution in [0.2, 0.25) is 0 Å². The summed E-state index contributed by atoms with van der Waals surface area (Å²) in [5, 5.41) is 8.12. The summed E-state index contributed by atoms with van der Waals surface area (Å²) in [6.07, 6.45) is 3.27. The lowest BCUT2D eigenvalue weighted by Crippen LogP contribution is -2.67. The van der Waals surface area contributed by atoms with Crippen LogP contribution >= 0.6 is 0 Å². The van der Waals surface area contributed by atoms with E-state index in [4.69, 9.17) is 0 Å². The Balaban J connectivity index is 1.32. The summed E-state index contributed by atoms with van der Waals surface area (Å²) in [6.45, 7) is 7.13. The highest BCUT2D eigenvalue weighted by Crippen LogP contribution is 2.31. The standard InChI is InChI=1S/C25H30FN7O/c1-17-13-18(2)29-24(28-17)32-10-7-25(8-11-32)23(34)33(12-9-27-25)16-22-21(15-31(3)30-22)19-5-4-6-20(26)14-19/h4-6,13-15,27H,7-12,16H2,1-3H3. The number of piperazine rings is 1. The van der Waals surface area contributed by atoms with Gasteiger partial charge >= 0.3 is 0 Å². The van der Waals surface area contributed by atoms with Crippen molar-refractivity contribution in [2.24, 2.45) is 7.05 Å². The smallest absolute Gasteiger partial charge is 0.243 e. The largest absolute Gasteiger partial charge is 0.341 e. The van der Waals surface area contributed by atoms with Gasteiger partial charge in [-0.15, -0.1) is 0 Å². The second-order valence-electron chi connectivity index (χ2n) is 9.35. The molecule has 0 bridgehead atoms. The van der Waals surface area contributed by atoms with Crippen molar-refractivity contribution >= 4 is 11.9 Å². The molecule has 5 rings (SSSR count). The molecule has 0 unspecified atom stereocenters. The zero-order valence-electron chi connectivity index (χ0n) is 19.9. The van der Waals surface area contributed by atoms with Gasteiger partial charge < -0.3 is 15.1 Å². The van der Waals surface area contributed by atoms with E-state index in [9.17, 15) is 9.18 Å². The Hall–Kier alpha value is -3.33. The summed E-state index contributed by atoms with van der Waals surface area (Å²) in [7, 11) is 1.85. The molecule has 0 aliphatic carbocycles. The number of rotatable bonds is 4. The van der Waals surface area contributed by atoms with Crippen molar-refractivity contribution in [1.29, 1.82) is 0 Å². The highest BCUT2D eigenvalue weighted by atomic mass is 19.1. The first kappa shape index (κ1) is 22.5. The van der Waals surface area contributed by atoms with Crippen molar-refractivity contribution in [2.75, 3.05) is 31.1 Å². The van der Waals surface area contributed by atoms with Crippen molar-refractivity contribution in [3.63, 3.8) is 0 Å². The van der Waals surface area contributed by atoms with E-state index in [1.54, 1.807) is 10.7 Å². The van der Waals surface area contributed by atoms with E-state index in [1.807, 2.05) is 44.1 Å². The average Bonchev–Trinajstić information content (AvgIpc) is 3.17. The quantitative estimate of drug-likeness (QED) is 0.641. The molecule has 8 nitrogen and oxygen atoms in total. The van der Waals surface area contributed by atoms with Gasteiger partial charge in [0.2, 0.25) is 11.9 Å². The van der Waals surface area contributed by atoms with Gasteiger partial charge in [-0.2, -0.15) is 5.10 Å². The van der Waals surface area contributed by atoms with E-state index >= 15 is 0 Å². The lowest BCUT2D eigenvalue weighted by Gasteiger charge is -2.47. The molecule has 2 fully saturated rings. The Morgan fingerprint density at radius 1 is 1.09 bits per heavy atom. The molecule has 0 saturated carbocycles. The Morgan fingerprint density at radius 3 is 2.53 bits per heavy atom. The summed E-state index contributed by atoms with van der Waals surface area (Å²) < 4.78 is 15.6. The minimum absolute atomic E-state index is 0.107. The number of benzene rings is 1. The molecular weight excluding hydrogens is 433 g/mol. The van der Waals surface area contributed by atoms with Crippen LogP contribution in [-0.4, -0.2) is 62.3 Å². The molecule has 1 aromatic carbocycles. The first-order valence-corrected chi connectivity index (χ1v) is 11.7. The number of carbonyl (C=O) groups excluding carboxylic acids is 1. The van der Waals surface area contributed by atoms with Gasteiger partial charge in [-0.05, 0) is 50.5 Å². The second kappa shape index (κ2) is 8.79. The van der Waals surface area contributed by atoms with Crippen LogP contribution in [0.1, 0.15) is 29.9 Å². The summed E-state index contributed by atoms with van der Waals surface area (Å²) in [5.74, 6) is 0.556. The van der Waals surface area contributed by atoms with Gasteiger partial charge in [-0.25, -0.2) is 14.4 Å². The van der Waals surface area contributed by atoms with Gasteiger partial charge in [-0.1, -0.05) is 12.1 Å². The lowest BCUT2D eigenvalue weighted by atomic mass is 9.84. The maximum Gasteiger partial charge on any atom is 0.243 e. The Kier molecular flexibility index (Phi) is 5.81. The number of nitrogens with one attached hydrogen (secondary N) is 1. The van der Waals surface area contributed by atoms with Crippen molar-refractivity contribution in [2.45, 2.75) is 38.8 Å². The van der Waals surface area contributed by atoms with Crippen LogP contribution < -0.4 is 10.2 Å². The number of piperidine rings is 1. The molecule has 178 valence electrons. The van der Waals surface area contributed by atoms with Crippen LogP contribution in [0.3, 0.4) is 0 Å². The van der Waals surface area contributed by atoms with E-state index in [0.717, 1.165) is 40.7 Å². The third-order valence-electron chi connectivity index (χ3n) is 6.79. The van der Waals surface area contributed by atoms with Gasteiger partial charge in [0, 0.05) is 56.4 Å². The lowest BCUT2D eigenvalue weighted by molar-refractivity contribution is -0.143. The van der Waals surface area contributed by atoms with Crippen LogP contribution in [0.15, 0.2) is 36.5 Å². The van der Waals surface area contributed by atoms with E-state index in [1.165, 1.54) is 12.1 Å². The molecule has 9 heteroatoms. The average molecular weight is 464 g/mol. The number of nitrogens with zero attached hydrogens (tertiary/aromatic N) is 6. The van der Waals surface area contributed by atoms with Crippen molar-refractivity contribution in [3.05, 3.63) is 59.4 Å². The second-order valence-corrected chi connectivity index (χ2v) is 9.35. The van der Waals surface area contributed by atoms with E-state index < -0.39 is 5.54 Å². The molecule has 2 aromatic heterocycles. The number of anilines is 1. The number of amides is 1. The van der Waals surface area contributed by atoms with Crippen LogP contribution in [0, 0.1) is 19.7 Å². The van der Waals surface area contributed by atoms with Gasteiger partial charge in [0.15, 0.2) is 0 Å². The Bertz CT molecular complexity index is 1200.